The van der Waals surface area contributed by atoms with Crippen LogP contribution in [0, 0.1) is 0 Å². The topological polar surface area (TPSA) is 59.9 Å². The van der Waals surface area contributed by atoms with Crippen LogP contribution in [0.5, 0.6) is 0 Å². The van der Waals surface area contributed by atoms with Crippen molar-refractivity contribution in [2.75, 3.05) is 0 Å². The Balaban J connectivity index is 1.99. The van der Waals surface area contributed by atoms with Crippen molar-refractivity contribution in [2.45, 2.75) is 51.8 Å². The fraction of sp³-hybridized carbons (Fsp3) is 0.500. The van der Waals surface area contributed by atoms with E-state index >= 15 is 0 Å². The largest absolute Gasteiger partial charge is 0.407 e. The van der Waals surface area contributed by atoms with Gasteiger partial charge in [-0.15, -0.1) is 0 Å². The maximum atomic E-state index is 11.6. The Morgan fingerprint density at radius 3 is 2.43 bits per heavy atom. The Morgan fingerprint density at radius 2 is 1.90 bits per heavy atom. The minimum atomic E-state index is -0.831. The first kappa shape index (κ1) is 15.7. The zero-order valence-corrected chi connectivity index (χ0v) is 13.1. The van der Waals surface area contributed by atoms with Crippen LogP contribution in [0.2, 0.25) is 0 Å². The Bertz CT molecular complexity index is 550. The van der Waals surface area contributed by atoms with E-state index in [1.165, 1.54) is 0 Å². The number of esters is 1. The standard InChI is InChI=1S/C16H22N2O3/c1-11(13-17-16(4,5)14(19)20-13)21-18-15(2,3)12-9-7-6-8-10-12/h6-11,18H,1-5H3. The summed E-state index contributed by atoms with van der Waals surface area (Å²) in [5.41, 5.74) is 2.92. The maximum absolute atomic E-state index is 11.6. The average Bonchev–Trinajstić information content (AvgIpc) is 2.71. The van der Waals surface area contributed by atoms with E-state index in [0.717, 1.165) is 5.56 Å². The van der Waals surface area contributed by atoms with Gasteiger partial charge in [0.25, 0.3) is 0 Å². The first-order valence-electron chi connectivity index (χ1n) is 7.03. The van der Waals surface area contributed by atoms with Crippen LogP contribution in [-0.2, 0) is 19.9 Å². The van der Waals surface area contributed by atoms with Gasteiger partial charge in [-0.3, -0.25) is 4.84 Å². The molecule has 5 heteroatoms. The van der Waals surface area contributed by atoms with Crippen LogP contribution in [0.4, 0.5) is 0 Å². The number of hydroxylamine groups is 1. The lowest BCUT2D eigenvalue weighted by Gasteiger charge is -2.27. The molecule has 0 amide bonds. The molecule has 0 aliphatic carbocycles. The van der Waals surface area contributed by atoms with Crippen LogP contribution in [0.3, 0.4) is 0 Å². The summed E-state index contributed by atoms with van der Waals surface area (Å²) in [5, 5.41) is 0. The number of aliphatic imine (C=N–C) groups is 1. The smallest absolute Gasteiger partial charge is 0.340 e. The molecule has 0 saturated heterocycles. The number of nitrogens with zero attached hydrogens (tertiary/aromatic N) is 1. The van der Waals surface area contributed by atoms with Gasteiger partial charge in [0.05, 0.1) is 5.54 Å². The van der Waals surface area contributed by atoms with Crippen molar-refractivity contribution < 1.29 is 14.4 Å². The first-order chi connectivity index (χ1) is 9.72. The van der Waals surface area contributed by atoms with Gasteiger partial charge in [0, 0.05) is 0 Å². The first-order valence-corrected chi connectivity index (χ1v) is 7.03. The summed E-state index contributed by atoms with van der Waals surface area (Å²) in [7, 11) is 0. The summed E-state index contributed by atoms with van der Waals surface area (Å²) in [5.74, 6) is -0.0448. The molecule has 0 radical (unpaired) electrons. The van der Waals surface area contributed by atoms with Crippen molar-refractivity contribution >= 4 is 11.9 Å². The van der Waals surface area contributed by atoms with Gasteiger partial charge in [-0.1, -0.05) is 30.3 Å². The van der Waals surface area contributed by atoms with Crippen molar-refractivity contribution in [3.8, 4) is 0 Å². The summed E-state index contributed by atoms with van der Waals surface area (Å²) in [6, 6.07) is 9.98. The van der Waals surface area contributed by atoms with Crippen molar-refractivity contribution in [2.24, 2.45) is 4.99 Å². The number of hydrogen-bond acceptors (Lipinski definition) is 5. The van der Waals surface area contributed by atoms with Crippen LogP contribution in [0.1, 0.15) is 40.2 Å². The highest BCUT2D eigenvalue weighted by Crippen LogP contribution is 2.23. The molecule has 1 aliphatic heterocycles. The van der Waals surface area contributed by atoms with Crippen molar-refractivity contribution in [3.63, 3.8) is 0 Å². The predicted octanol–water partition coefficient (Wildman–Crippen LogP) is 2.57. The number of cyclic esters (lactones) is 1. The lowest BCUT2D eigenvalue weighted by Crippen LogP contribution is -2.40. The molecule has 21 heavy (non-hydrogen) atoms. The van der Waals surface area contributed by atoms with Crippen LogP contribution >= 0.6 is 0 Å². The second kappa shape index (κ2) is 5.58. The summed E-state index contributed by atoms with van der Waals surface area (Å²) in [6.45, 7) is 9.26. The zero-order valence-electron chi connectivity index (χ0n) is 13.1. The van der Waals surface area contributed by atoms with Crippen molar-refractivity contribution in [3.05, 3.63) is 35.9 Å². The number of hydrogen-bond donors (Lipinski definition) is 1. The number of carbonyl (C=O) groups excluding carboxylic acids is 1. The highest BCUT2D eigenvalue weighted by molar-refractivity contribution is 6.01. The summed E-state index contributed by atoms with van der Waals surface area (Å²) in [4.78, 5) is 21.5. The minimum Gasteiger partial charge on any atom is -0.407 e. The second-order valence-electron chi connectivity index (χ2n) is 6.25. The lowest BCUT2D eigenvalue weighted by atomic mass is 9.96. The molecule has 0 bridgehead atoms. The van der Waals surface area contributed by atoms with E-state index in [2.05, 4.69) is 10.5 Å². The molecule has 0 fully saturated rings. The van der Waals surface area contributed by atoms with Crippen LogP contribution in [0.25, 0.3) is 0 Å². The zero-order chi connectivity index (χ0) is 15.7. The van der Waals surface area contributed by atoms with E-state index in [-0.39, 0.29) is 11.5 Å². The molecule has 0 saturated carbocycles. The number of benzene rings is 1. The molecule has 2 rings (SSSR count). The average molecular weight is 290 g/mol. The Kier molecular flexibility index (Phi) is 4.16. The summed E-state index contributed by atoms with van der Waals surface area (Å²) >= 11 is 0. The van der Waals surface area contributed by atoms with Gasteiger partial charge in [0.1, 0.15) is 0 Å². The van der Waals surface area contributed by atoms with Gasteiger partial charge in [-0.2, -0.15) is 5.48 Å². The molecular formula is C16H22N2O3. The highest BCUT2D eigenvalue weighted by atomic mass is 16.7. The number of carbonyl (C=O) groups is 1. The number of rotatable bonds is 5. The predicted molar refractivity (Wildman–Crippen MR) is 80.8 cm³/mol. The van der Waals surface area contributed by atoms with Gasteiger partial charge in [0.15, 0.2) is 11.6 Å². The van der Waals surface area contributed by atoms with Gasteiger partial charge in [-0.25, -0.2) is 9.79 Å². The molecule has 1 atom stereocenters. The number of nitrogens with one attached hydrogen (secondary N) is 1. The van der Waals surface area contributed by atoms with E-state index in [0.29, 0.717) is 5.90 Å². The van der Waals surface area contributed by atoms with E-state index in [4.69, 9.17) is 9.57 Å². The third-order valence-electron chi connectivity index (χ3n) is 3.42. The molecular weight excluding hydrogens is 268 g/mol. The fourth-order valence-electron chi connectivity index (χ4n) is 1.94. The fourth-order valence-corrected chi connectivity index (χ4v) is 1.94. The van der Waals surface area contributed by atoms with E-state index in [1.54, 1.807) is 20.8 Å². The molecule has 1 aromatic carbocycles. The van der Waals surface area contributed by atoms with Gasteiger partial charge < -0.3 is 4.74 Å². The molecule has 1 aliphatic rings. The lowest BCUT2D eigenvalue weighted by molar-refractivity contribution is -0.138. The molecule has 1 N–H and O–H groups in total. The SMILES string of the molecule is CC(ONC(C)(C)c1ccccc1)C1=NC(C)(C)C(=O)O1. The normalized spacial score (nSPS) is 19.1. The molecule has 1 unspecified atom stereocenters. The third-order valence-corrected chi connectivity index (χ3v) is 3.42. The van der Waals surface area contributed by atoms with E-state index < -0.39 is 11.6 Å². The van der Waals surface area contributed by atoms with E-state index in [9.17, 15) is 4.79 Å². The number of ether oxygens (including phenoxy) is 1. The van der Waals surface area contributed by atoms with Crippen LogP contribution < -0.4 is 5.48 Å². The maximum Gasteiger partial charge on any atom is 0.340 e. The van der Waals surface area contributed by atoms with Crippen molar-refractivity contribution in [1.29, 1.82) is 0 Å². The molecule has 1 aromatic rings. The van der Waals surface area contributed by atoms with E-state index in [1.807, 2.05) is 44.2 Å². The molecule has 0 aromatic heterocycles. The van der Waals surface area contributed by atoms with Gasteiger partial charge in [0.2, 0.25) is 5.90 Å². The van der Waals surface area contributed by atoms with Crippen LogP contribution in [-0.4, -0.2) is 23.5 Å². The quantitative estimate of drug-likeness (QED) is 0.669. The second-order valence-corrected chi connectivity index (χ2v) is 6.25. The molecule has 1 heterocycles. The Morgan fingerprint density at radius 1 is 1.29 bits per heavy atom. The highest BCUT2D eigenvalue weighted by Gasteiger charge is 2.39. The molecule has 5 nitrogen and oxygen atoms in total. The van der Waals surface area contributed by atoms with Gasteiger partial charge in [-0.05, 0) is 40.2 Å². The Labute approximate surface area is 125 Å². The molecule has 114 valence electrons. The van der Waals surface area contributed by atoms with Crippen LogP contribution in [0.15, 0.2) is 35.3 Å². The van der Waals surface area contributed by atoms with Gasteiger partial charge >= 0.3 is 5.97 Å². The summed E-state index contributed by atoms with van der Waals surface area (Å²) < 4.78 is 5.16. The molecule has 0 spiro atoms. The Hall–Kier alpha value is -1.72. The third kappa shape index (κ3) is 3.49. The minimum absolute atomic E-state index is 0.307. The van der Waals surface area contributed by atoms with Crippen molar-refractivity contribution in [1.82, 2.24) is 5.48 Å². The monoisotopic (exact) mass is 290 g/mol. The summed E-state index contributed by atoms with van der Waals surface area (Å²) in [6.07, 6.45) is -0.446.